The van der Waals surface area contributed by atoms with Gasteiger partial charge in [-0.25, -0.2) is 4.68 Å². The molecule has 3 rings (SSSR count). The Morgan fingerprint density at radius 3 is 2.68 bits per heavy atom. The van der Waals surface area contributed by atoms with E-state index in [-0.39, 0.29) is 12.5 Å². The first-order valence-electron chi connectivity index (χ1n) is 8.65. The van der Waals surface area contributed by atoms with Gasteiger partial charge in [-0.1, -0.05) is 23.4 Å². The number of hydrogen-bond acceptors (Lipinski definition) is 5. The molecule has 1 aromatic carbocycles. The average Bonchev–Trinajstić information content (AvgIpc) is 3.10. The van der Waals surface area contributed by atoms with Crippen LogP contribution in [0.3, 0.4) is 0 Å². The number of aliphatic hydroxyl groups excluding tert-OH is 1. The van der Waals surface area contributed by atoms with Gasteiger partial charge in [0.15, 0.2) is 0 Å². The van der Waals surface area contributed by atoms with Crippen LogP contribution in [0, 0.1) is 5.92 Å². The van der Waals surface area contributed by atoms with Crippen molar-refractivity contribution in [1.29, 1.82) is 0 Å². The first kappa shape index (κ1) is 17.4. The zero-order valence-electron chi connectivity index (χ0n) is 14.4. The minimum Gasteiger partial charge on any atom is -0.493 e. The van der Waals surface area contributed by atoms with Crippen molar-refractivity contribution in [1.82, 2.24) is 19.9 Å². The number of nitrogens with zero attached hydrogens (tertiary/aromatic N) is 4. The van der Waals surface area contributed by atoms with Crippen LogP contribution in [0.25, 0.3) is 0 Å². The number of amides is 1. The number of hydrogen-bond donors (Lipinski definition) is 1. The van der Waals surface area contributed by atoms with Crippen LogP contribution >= 0.6 is 0 Å². The predicted molar refractivity (Wildman–Crippen MR) is 91.9 cm³/mol. The second-order valence-electron chi connectivity index (χ2n) is 6.47. The van der Waals surface area contributed by atoms with E-state index in [1.54, 1.807) is 13.1 Å². The predicted octanol–water partition coefficient (Wildman–Crippen LogP) is 1.65. The lowest BCUT2D eigenvalue weighted by atomic mass is 9.98. The van der Waals surface area contributed by atoms with Crippen LogP contribution in [0.5, 0.6) is 5.75 Å². The topological polar surface area (TPSA) is 80.5 Å². The molecule has 7 heteroatoms. The number of likely N-dealkylation sites (tertiary alicyclic amines) is 1. The number of carbonyl (C=O) groups excluding carboxylic acids is 1. The largest absolute Gasteiger partial charge is 0.493 e. The lowest BCUT2D eigenvalue weighted by Crippen LogP contribution is -2.41. The molecular formula is C18H24N4O3. The fraction of sp³-hybridized carbons (Fsp3) is 0.500. The summed E-state index contributed by atoms with van der Waals surface area (Å²) in [5.74, 6) is 1.39. The molecule has 0 bridgehead atoms. The molecule has 1 aliphatic rings. The summed E-state index contributed by atoms with van der Waals surface area (Å²) in [5, 5.41) is 17.2. The molecule has 1 fully saturated rings. The van der Waals surface area contributed by atoms with E-state index in [4.69, 9.17) is 4.74 Å². The lowest BCUT2D eigenvalue weighted by Gasteiger charge is -2.31. The van der Waals surface area contributed by atoms with Crippen LogP contribution in [-0.4, -0.2) is 50.6 Å². The van der Waals surface area contributed by atoms with E-state index < -0.39 is 6.10 Å². The van der Waals surface area contributed by atoms with Gasteiger partial charge in [0.25, 0.3) is 0 Å². The average molecular weight is 344 g/mol. The second kappa shape index (κ2) is 8.11. The molecule has 1 amide bonds. The summed E-state index contributed by atoms with van der Waals surface area (Å²) in [6.07, 6.45) is 2.82. The summed E-state index contributed by atoms with van der Waals surface area (Å²) in [5.41, 5.74) is 0.476. The van der Waals surface area contributed by atoms with Crippen LogP contribution in [-0.2, 0) is 11.3 Å². The number of piperidine rings is 1. The molecule has 0 spiro atoms. The van der Waals surface area contributed by atoms with Crippen molar-refractivity contribution in [3.63, 3.8) is 0 Å². The fourth-order valence-electron chi connectivity index (χ4n) is 2.90. The molecule has 7 nitrogen and oxygen atoms in total. The maximum absolute atomic E-state index is 12.4. The van der Waals surface area contributed by atoms with E-state index in [2.05, 4.69) is 10.3 Å². The monoisotopic (exact) mass is 344 g/mol. The Labute approximate surface area is 147 Å². The second-order valence-corrected chi connectivity index (χ2v) is 6.47. The number of carbonyl (C=O) groups is 1. The van der Waals surface area contributed by atoms with Crippen LogP contribution in [0.4, 0.5) is 0 Å². The Kier molecular flexibility index (Phi) is 5.65. The van der Waals surface area contributed by atoms with Crippen LogP contribution in [0.15, 0.2) is 36.5 Å². The molecule has 1 saturated heterocycles. The summed E-state index contributed by atoms with van der Waals surface area (Å²) < 4.78 is 7.29. The molecule has 0 radical (unpaired) electrons. The molecule has 1 N–H and O–H groups in total. The Morgan fingerprint density at radius 2 is 2.04 bits per heavy atom. The normalized spacial score (nSPS) is 16.6. The van der Waals surface area contributed by atoms with Gasteiger partial charge in [0.1, 0.15) is 18.0 Å². The highest BCUT2D eigenvalue weighted by molar-refractivity contribution is 5.75. The number of rotatable bonds is 6. The standard InChI is InChI=1S/C18H24N4O3/c1-14(23)17-11-22(20-19-17)12-18(24)21-9-7-15(8-10-21)13-25-16-5-3-2-4-6-16/h2-6,11,14-15,23H,7-10,12-13H2,1H3/t14-/m1/s1. The molecule has 2 heterocycles. The van der Waals surface area contributed by atoms with Crippen molar-refractivity contribution in [2.75, 3.05) is 19.7 Å². The first-order valence-corrected chi connectivity index (χ1v) is 8.65. The first-order chi connectivity index (χ1) is 12.1. The highest BCUT2D eigenvalue weighted by Gasteiger charge is 2.23. The van der Waals surface area contributed by atoms with Crippen LogP contribution < -0.4 is 4.74 Å². The van der Waals surface area contributed by atoms with Gasteiger partial charge in [-0.05, 0) is 37.8 Å². The highest BCUT2D eigenvalue weighted by Crippen LogP contribution is 2.19. The molecule has 1 atom stereocenters. The van der Waals surface area contributed by atoms with Crippen molar-refractivity contribution in [2.24, 2.45) is 5.92 Å². The molecule has 2 aromatic rings. The van der Waals surface area contributed by atoms with Crippen molar-refractivity contribution in [3.8, 4) is 5.75 Å². The SMILES string of the molecule is C[C@@H](O)c1cn(CC(=O)N2CCC(COc3ccccc3)CC2)nn1. The Bertz CT molecular complexity index is 679. The van der Waals surface area contributed by atoms with E-state index in [0.717, 1.165) is 31.7 Å². The smallest absolute Gasteiger partial charge is 0.244 e. The third kappa shape index (κ3) is 4.79. The molecule has 1 aliphatic heterocycles. The highest BCUT2D eigenvalue weighted by atomic mass is 16.5. The van der Waals surface area contributed by atoms with Crippen molar-refractivity contribution < 1.29 is 14.6 Å². The summed E-state index contributed by atoms with van der Waals surface area (Å²) in [4.78, 5) is 14.2. The van der Waals surface area contributed by atoms with Gasteiger partial charge in [-0.2, -0.15) is 0 Å². The molecule has 0 unspecified atom stereocenters. The third-order valence-corrected chi connectivity index (χ3v) is 4.48. The molecule has 1 aromatic heterocycles. The number of benzene rings is 1. The van der Waals surface area contributed by atoms with Crippen molar-refractivity contribution >= 4 is 5.91 Å². The van der Waals surface area contributed by atoms with E-state index in [0.29, 0.717) is 18.2 Å². The molecule has 134 valence electrons. The van der Waals surface area contributed by atoms with E-state index >= 15 is 0 Å². The van der Waals surface area contributed by atoms with Gasteiger partial charge in [0.2, 0.25) is 5.91 Å². The minimum atomic E-state index is -0.677. The van der Waals surface area contributed by atoms with Crippen LogP contribution in [0.1, 0.15) is 31.6 Å². The molecule has 0 aliphatic carbocycles. The molecule has 0 saturated carbocycles. The van der Waals surface area contributed by atoms with Crippen molar-refractivity contribution in [3.05, 3.63) is 42.2 Å². The number of aromatic nitrogens is 3. The van der Waals surface area contributed by atoms with Crippen LogP contribution in [0.2, 0.25) is 0 Å². The Morgan fingerprint density at radius 1 is 1.32 bits per heavy atom. The van der Waals surface area contributed by atoms with Gasteiger partial charge >= 0.3 is 0 Å². The summed E-state index contributed by atoms with van der Waals surface area (Å²) in [7, 11) is 0. The van der Waals surface area contributed by atoms with E-state index in [1.807, 2.05) is 35.2 Å². The van der Waals surface area contributed by atoms with Gasteiger partial charge in [-0.3, -0.25) is 4.79 Å². The van der Waals surface area contributed by atoms with Gasteiger partial charge < -0.3 is 14.7 Å². The zero-order chi connectivity index (χ0) is 17.6. The summed E-state index contributed by atoms with van der Waals surface area (Å²) in [6.45, 7) is 3.94. The maximum atomic E-state index is 12.4. The van der Waals surface area contributed by atoms with Gasteiger partial charge in [0, 0.05) is 13.1 Å². The molecule has 25 heavy (non-hydrogen) atoms. The van der Waals surface area contributed by atoms with Gasteiger partial charge in [-0.15, -0.1) is 5.10 Å². The number of para-hydroxylation sites is 1. The summed E-state index contributed by atoms with van der Waals surface area (Å²) in [6, 6.07) is 9.81. The van der Waals surface area contributed by atoms with E-state index in [9.17, 15) is 9.90 Å². The number of aliphatic hydroxyl groups is 1. The van der Waals surface area contributed by atoms with Gasteiger partial charge in [0.05, 0.1) is 18.9 Å². The summed E-state index contributed by atoms with van der Waals surface area (Å²) >= 11 is 0. The quantitative estimate of drug-likeness (QED) is 0.862. The fourth-order valence-corrected chi connectivity index (χ4v) is 2.90. The number of ether oxygens (including phenoxy) is 1. The van der Waals surface area contributed by atoms with E-state index in [1.165, 1.54) is 4.68 Å². The third-order valence-electron chi connectivity index (χ3n) is 4.48. The maximum Gasteiger partial charge on any atom is 0.244 e. The Balaban J connectivity index is 1.42. The van der Waals surface area contributed by atoms with Crippen molar-refractivity contribution in [2.45, 2.75) is 32.4 Å². The lowest BCUT2D eigenvalue weighted by molar-refractivity contribution is -0.133. The Hall–Kier alpha value is -2.41. The zero-order valence-corrected chi connectivity index (χ0v) is 14.4. The molecular weight excluding hydrogens is 320 g/mol. The minimum absolute atomic E-state index is 0.0319.